The van der Waals surface area contributed by atoms with E-state index in [9.17, 15) is 9.59 Å². The number of amides is 2. The summed E-state index contributed by atoms with van der Waals surface area (Å²) in [6, 6.07) is 3.37. The van der Waals surface area contributed by atoms with Crippen molar-refractivity contribution in [3.05, 3.63) is 30.1 Å². The van der Waals surface area contributed by atoms with Crippen molar-refractivity contribution >= 4 is 12.3 Å². The van der Waals surface area contributed by atoms with E-state index in [1.165, 1.54) is 0 Å². The lowest BCUT2D eigenvalue weighted by molar-refractivity contribution is -0.133. The molecule has 0 spiro atoms. The molecule has 1 atom stereocenters. The third-order valence-electron chi connectivity index (χ3n) is 3.11. The number of carbonyl (C=O) groups is 1. The maximum atomic E-state index is 12.2. The van der Waals surface area contributed by atoms with Gasteiger partial charge in [-0.15, -0.1) is 0 Å². The molecule has 1 saturated heterocycles. The number of nitrogens with one attached hydrogen (secondary N) is 1. The summed E-state index contributed by atoms with van der Waals surface area (Å²) in [5, 5.41) is 2.48. The monoisotopic (exact) mass is 246 g/mol. The second-order valence-electron chi connectivity index (χ2n) is 4.42. The first kappa shape index (κ1) is 12.5. The van der Waals surface area contributed by atoms with Gasteiger partial charge in [-0.1, -0.05) is 6.07 Å². The molecule has 1 aromatic rings. The number of aromatic nitrogens is 1. The largest absolute Gasteiger partial charge is 0.337 e. The van der Waals surface area contributed by atoms with Crippen molar-refractivity contribution in [2.24, 2.45) is 0 Å². The predicted molar refractivity (Wildman–Crippen MR) is 66.1 cm³/mol. The Balaban J connectivity index is 2.06. The Hall–Kier alpha value is -1.91. The molecule has 1 fully saturated rings. The zero-order valence-electron chi connectivity index (χ0n) is 10.1. The van der Waals surface area contributed by atoms with E-state index in [-0.39, 0.29) is 5.91 Å². The highest BCUT2D eigenvalue weighted by Gasteiger charge is 2.26. The van der Waals surface area contributed by atoms with Gasteiger partial charge in [0.15, 0.2) is 0 Å². The van der Waals surface area contributed by atoms with E-state index in [1.54, 1.807) is 23.7 Å². The fraction of sp³-hybridized carbons (Fsp3) is 0.462. The molecule has 18 heavy (non-hydrogen) atoms. The lowest BCUT2D eigenvalue weighted by Crippen LogP contribution is -2.44. The van der Waals surface area contributed by atoms with Crippen LogP contribution in [-0.2, 0) is 16.1 Å². The molecule has 0 aromatic carbocycles. The quantitative estimate of drug-likeness (QED) is 0.792. The van der Waals surface area contributed by atoms with Crippen LogP contribution in [0.1, 0.15) is 24.8 Å². The topological polar surface area (TPSA) is 62.3 Å². The summed E-state index contributed by atoms with van der Waals surface area (Å²) < 4.78 is 0. The molecule has 2 amide bonds. The molecule has 1 N–H and O–H groups in total. The normalized spacial score (nSPS) is 20.3. The molecule has 5 heteroatoms. The van der Waals surface area contributed by atoms with Gasteiger partial charge in [-0.2, -0.15) is 0 Å². The summed E-state index contributed by atoms with van der Waals surface area (Å²) in [5.74, 6) is -0.0281. The van der Waals surface area contributed by atoms with Gasteiger partial charge in [-0.3, -0.25) is 14.6 Å². The van der Waals surface area contributed by atoms with E-state index >= 15 is 0 Å². The van der Waals surface area contributed by atoms with E-state index in [0.717, 1.165) is 24.9 Å². The summed E-state index contributed by atoms with van der Waals surface area (Å²) in [6.45, 7) is 1.27. The van der Waals surface area contributed by atoms with E-state index in [4.69, 9.17) is 0 Å². The third-order valence-corrected chi connectivity index (χ3v) is 3.11. The highest BCUT2D eigenvalue weighted by atomic mass is 16.2. The van der Waals surface area contributed by atoms with Gasteiger partial charge >= 0.3 is 6.41 Å². The molecule has 0 saturated carbocycles. The number of rotatable bonds is 4. The maximum Gasteiger partial charge on any atom is 0.309 e. The molecule has 1 aliphatic rings. The second kappa shape index (κ2) is 6.14. The number of nitrogens with zero attached hydrogens (tertiary/aromatic N) is 2. The molecule has 1 radical (unpaired) electrons. The van der Waals surface area contributed by atoms with Crippen molar-refractivity contribution in [1.82, 2.24) is 15.2 Å². The Morgan fingerprint density at radius 3 is 3.11 bits per heavy atom. The number of hydrogen-bond acceptors (Lipinski definition) is 3. The van der Waals surface area contributed by atoms with Crippen LogP contribution in [0, 0.1) is 0 Å². The minimum Gasteiger partial charge on any atom is -0.337 e. The third kappa shape index (κ3) is 3.06. The fourth-order valence-electron chi connectivity index (χ4n) is 2.18. The molecule has 0 bridgehead atoms. The minimum atomic E-state index is -0.429. The molecule has 0 unspecified atom stereocenters. The first-order chi connectivity index (χ1) is 8.81. The van der Waals surface area contributed by atoms with Crippen molar-refractivity contribution in [2.45, 2.75) is 31.8 Å². The average molecular weight is 246 g/mol. The lowest BCUT2D eigenvalue weighted by atomic mass is 10.1. The van der Waals surface area contributed by atoms with Gasteiger partial charge < -0.3 is 10.2 Å². The van der Waals surface area contributed by atoms with Gasteiger partial charge in [-0.05, 0) is 30.9 Å². The Morgan fingerprint density at radius 1 is 1.50 bits per heavy atom. The van der Waals surface area contributed by atoms with Gasteiger partial charge in [0.25, 0.3) is 0 Å². The summed E-state index contributed by atoms with van der Waals surface area (Å²) in [5.41, 5.74) is 1.00. The van der Waals surface area contributed by atoms with Crippen molar-refractivity contribution in [3.63, 3.8) is 0 Å². The van der Waals surface area contributed by atoms with Crippen LogP contribution in [0.5, 0.6) is 0 Å². The van der Waals surface area contributed by atoms with Crippen LogP contribution in [0.25, 0.3) is 0 Å². The highest BCUT2D eigenvalue weighted by molar-refractivity contribution is 5.84. The van der Waals surface area contributed by atoms with Gasteiger partial charge in [0.05, 0.1) is 0 Å². The smallest absolute Gasteiger partial charge is 0.309 e. The second-order valence-corrected chi connectivity index (χ2v) is 4.42. The number of carbonyl (C=O) groups excluding carboxylic acids is 2. The van der Waals surface area contributed by atoms with Crippen LogP contribution < -0.4 is 5.32 Å². The molecular weight excluding hydrogens is 230 g/mol. The molecular formula is C13H16N3O2. The van der Waals surface area contributed by atoms with Gasteiger partial charge in [-0.25, -0.2) is 0 Å². The summed E-state index contributed by atoms with van der Waals surface area (Å²) >= 11 is 0. The van der Waals surface area contributed by atoms with Crippen LogP contribution in [-0.4, -0.2) is 34.8 Å². The first-order valence-electron chi connectivity index (χ1n) is 6.11. The van der Waals surface area contributed by atoms with Crippen molar-refractivity contribution in [2.75, 3.05) is 6.54 Å². The van der Waals surface area contributed by atoms with Crippen LogP contribution in [0.4, 0.5) is 0 Å². The number of pyridine rings is 1. The standard InChI is InChI=1S/C13H16N3O2/c17-10-15-12-5-1-2-7-16(13(12)18)9-11-4-3-6-14-8-11/h3-4,6,8,12H,1-2,5,7,9H2,(H,15,17)/t12-/m0/s1. The maximum absolute atomic E-state index is 12.2. The summed E-state index contributed by atoms with van der Waals surface area (Å²) in [4.78, 5) is 28.4. The van der Waals surface area contributed by atoms with E-state index < -0.39 is 6.04 Å². The molecule has 1 aromatic heterocycles. The molecule has 5 nitrogen and oxygen atoms in total. The van der Waals surface area contributed by atoms with E-state index in [0.29, 0.717) is 13.0 Å². The molecule has 0 aliphatic carbocycles. The molecule has 2 heterocycles. The number of likely N-dealkylation sites (tertiary alicyclic amines) is 1. The van der Waals surface area contributed by atoms with Crippen LogP contribution in [0.2, 0.25) is 0 Å². The van der Waals surface area contributed by atoms with Crippen LogP contribution in [0.15, 0.2) is 24.5 Å². The lowest BCUT2D eigenvalue weighted by Gasteiger charge is -2.23. The van der Waals surface area contributed by atoms with Crippen molar-refractivity contribution < 1.29 is 9.59 Å². The van der Waals surface area contributed by atoms with Crippen LogP contribution in [0.3, 0.4) is 0 Å². The Bertz CT molecular complexity index is 408. The number of hydrogen-bond donors (Lipinski definition) is 1. The predicted octanol–water partition coefficient (Wildman–Crippen LogP) is 0.619. The van der Waals surface area contributed by atoms with E-state index in [2.05, 4.69) is 10.3 Å². The van der Waals surface area contributed by atoms with Crippen molar-refractivity contribution in [3.8, 4) is 0 Å². The summed E-state index contributed by atoms with van der Waals surface area (Å²) in [7, 11) is 0. The molecule has 95 valence electrons. The van der Waals surface area contributed by atoms with Gasteiger partial charge in [0, 0.05) is 25.5 Å². The zero-order chi connectivity index (χ0) is 12.8. The van der Waals surface area contributed by atoms with Gasteiger partial charge in [0.1, 0.15) is 6.04 Å². The fourth-order valence-corrected chi connectivity index (χ4v) is 2.18. The molecule has 1 aliphatic heterocycles. The first-order valence-corrected chi connectivity index (χ1v) is 6.11. The van der Waals surface area contributed by atoms with Crippen molar-refractivity contribution in [1.29, 1.82) is 0 Å². The van der Waals surface area contributed by atoms with Gasteiger partial charge in [0.2, 0.25) is 5.91 Å². The Labute approximate surface area is 106 Å². The summed E-state index contributed by atoms with van der Waals surface area (Å²) in [6.07, 6.45) is 7.68. The minimum absolute atomic E-state index is 0.0281. The zero-order valence-corrected chi connectivity index (χ0v) is 10.1. The average Bonchev–Trinajstić information content (AvgIpc) is 2.56. The highest BCUT2D eigenvalue weighted by Crippen LogP contribution is 2.14. The molecule has 2 rings (SSSR count). The van der Waals surface area contributed by atoms with E-state index in [1.807, 2.05) is 12.1 Å². The van der Waals surface area contributed by atoms with Crippen LogP contribution >= 0.6 is 0 Å². The SMILES string of the molecule is O=[C]N[C@H]1CCCCN(Cc2cccnc2)C1=O. The Kier molecular flexibility index (Phi) is 4.28. The Morgan fingerprint density at radius 2 is 2.39 bits per heavy atom.